The summed E-state index contributed by atoms with van der Waals surface area (Å²) in [6.07, 6.45) is 1.24. The summed E-state index contributed by atoms with van der Waals surface area (Å²) in [6, 6.07) is 13.0. The van der Waals surface area contributed by atoms with Crippen molar-refractivity contribution in [1.29, 1.82) is 0 Å². The average molecular weight is 491 g/mol. The van der Waals surface area contributed by atoms with Gasteiger partial charge in [0.25, 0.3) is 0 Å². The number of ether oxygens (including phenoxy) is 3. The standard InChI is InChI=1S/C29H34N2O5/c1-18-13-14-21(22-11-9-10-12-23(22)27(32)35-8)15-25(18)31(28(33)36-29(4,5)6)17-24-20(3)26(34-7)19(2)16-30-24/h9-16H,17H2,1-8H3. The minimum atomic E-state index is -0.689. The summed E-state index contributed by atoms with van der Waals surface area (Å²) in [5, 5.41) is 0. The van der Waals surface area contributed by atoms with Gasteiger partial charge in [-0.1, -0.05) is 30.3 Å². The SMILES string of the molecule is COC(=O)c1ccccc1-c1ccc(C)c(N(Cc2ncc(C)c(OC)c2C)C(=O)OC(C)(C)C)c1. The van der Waals surface area contributed by atoms with Gasteiger partial charge in [-0.3, -0.25) is 9.88 Å². The van der Waals surface area contributed by atoms with Gasteiger partial charge in [-0.25, -0.2) is 9.59 Å². The molecule has 0 atom stereocenters. The van der Waals surface area contributed by atoms with Crippen molar-refractivity contribution in [2.45, 2.75) is 53.7 Å². The number of methoxy groups -OCH3 is 2. The number of carbonyl (C=O) groups excluding carboxylic acids is 2. The molecule has 1 aromatic heterocycles. The number of rotatable bonds is 6. The summed E-state index contributed by atoms with van der Waals surface area (Å²) in [6.45, 7) is 11.5. The molecule has 0 aliphatic rings. The van der Waals surface area contributed by atoms with E-state index in [2.05, 4.69) is 4.98 Å². The quantitative estimate of drug-likeness (QED) is 0.372. The van der Waals surface area contributed by atoms with E-state index in [9.17, 15) is 9.59 Å². The molecule has 1 amide bonds. The molecule has 7 heteroatoms. The van der Waals surface area contributed by atoms with Crippen molar-refractivity contribution in [2.24, 2.45) is 0 Å². The minimum absolute atomic E-state index is 0.181. The van der Waals surface area contributed by atoms with E-state index in [0.29, 0.717) is 22.5 Å². The van der Waals surface area contributed by atoms with E-state index in [0.717, 1.165) is 28.0 Å². The molecule has 0 spiro atoms. The molecule has 1 heterocycles. The highest BCUT2D eigenvalue weighted by Gasteiger charge is 2.27. The lowest BCUT2D eigenvalue weighted by molar-refractivity contribution is 0.0573. The van der Waals surface area contributed by atoms with Crippen LogP contribution in [0.4, 0.5) is 10.5 Å². The van der Waals surface area contributed by atoms with E-state index in [1.54, 1.807) is 30.3 Å². The van der Waals surface area contributed by atoms with Crippen LogP contribution in [0.15, 0.2) is 48.7 Å². The van der Waals surface area contributed by atoms with Crippen LogP contribution in [0, 0.1) is 20.8 Å². The normalized spacial score (nSPS) is 11.1. The average Bonchev–Trinajstić information content (AvgIpc) is 2.83. The van der Waals surface area contributed by atoms with Crippen molar-refractivity contribution >= 4 is 17.7 Å². The van der Waals surface area contributed by atoms with Crippen molar-refractivity contribution in [1.82, 2.24) is 4.98 Å². The number of nitrogens with zero attached hydrogens (tertiary/aromatic N) is 2. The number of pyridine rings is 1. The van der Waals surface area contributed by atoms with Gasteiger partial charge in [0.15, 0.2) is 0 Å². The first-order chi connectivity index (χ1) is 17.0. The maximum atomic E-state index is 13.5. The van der Waals surface area contributed by atoms with Crippen molar-refractivity contribution in [2.75, 3.05) is 19.1 Å². The number of benzene rings is 2. The van der Waals surface area contributed by atoms with Gasteiger partial charge in [0, 0.05) is 17.3 Å². The predicted molar refractivity (Wildman–Crippen MR) is 141 cm³/mol. The molecular formula is C29H34N2O5. The Kier molecular flexibility index (Phi) is 8.03. The molecule has 3 aromatic rings. The lowest BCUT2D eigenvalue weighted by Crippen LogP contribution is -2.37. The second-order valence-corrected chi connectivity index (χ2v) is 9.65. The molecule has 0 aliphatic heterocycles. The van der Waals surface area contributed by atoms with E-state index < -0.39 is 17.7 Å². The molecule has 3 rings (SSSR count). The second kappa shape index (κ2) is 10.8. The Bertz CT molecular complexity index is 1280. The lowest BCUT2D eigenvalue weighted by Gasteiger charge is -2.29. The molecule has 2 aromatic carbocycles. The third kappa shape index (κ3) is 5.85. The third-order valence-electron chi connectivity index (χ3n) is 5.81. The van der Waals surface area contributed by atoms with Crippen LogP contribution < -0.4 is 9.64 Å². The molecule has 190 valence electrons. The topological polar surface area (TPSA) is 78.0 Å². The Morgan fingerprint density at radius 3 is 2.31 bits per heavy atom. The molecule has 0 bridgehead atoms. The van der Waals surface area contributed by atoms with Crippen molar-refractivity contribution < 1.29 is 23.8 Å². The Hall–Kier alpha value is -3.87. The number of hydrogen-bond acceptors (Lipinski definition) is 6. The number of amides is 1. The number of aryl methyl sites for hydroxylation is 2. The number of carbonyl (C=O) groups is 2. The summed E-state index contributed by atoms with van der Waals surface area (Å²) < 4.78 is 16.3. The van der Waals surface area contributed by atoms with Crippen molar-refractivity contribution in [3.05, 3.63) is 76.6 Å². The highest BCUT2D eigenvalue weighted by Crippen LogP contribution is 2.33. The zero-order chi connectivity index (χ0) is 26.6. The van der Waals surface area contributed by atoms with Gasteiger partial charge in [0.1, 0.15) is 11.4 Å². The first kappa shape index (κ1) is 26.7. The highest BCUT2D eigenvalue weighted by atomic mass is 16.6. The third-order valence-corrected chi connectivity index (χ3v) is 5.81. The van der Waals surface area contributed by atoms with Gasteiger partial charge in [-0.05, 0) is 70.4 Å². The second-order valence-electron chi connectivity index (χ2n) is 9.65. The van der Waals surface area contributed by atoms with Crippen LogP contribution in [0.5, 0.6) is 5.75 Å². The Morgan fingerprint density at radius 1 is 0.972 bits per heavy atom. The van der Waals surface area contributed by atoms with Crippen LogP contribution in [0.3, 0.4) is 0 Å². The van der Waals surface area contributed by atoms with Crippen LogP contribution in [-0.2, 0) is 16.0 Å². The molecule has 36 heavy (non-hydrogen) atoms. The summed E-state index contributed by atoms with van der Waals surface area (Å²) >= 11 is 0. The van der Waals surface area contributed by atoms with Gasteiger partial charge in [0.05, 0.1) is 37.7 Å². The Morgan fingerprint density at radius 2 is 1.67 bits per heavy atom. The molecule has 0 N–H and O–H groups in total. The van der Waals surface area contributed by atoms with Crippen molar-refractivity contribution in [3.8, 4) is 16.9 Å². The number of anilines is 1. The van der Waals surface area contributed by atoms with Crippen LogP contribution >= 0.6 is 0 Å². The largest absolute Gasteiger partial charge is 0.496 e. The number of esters is 1. The summed E-state index contributed by atoms with van der Waals surface area (Å²) in [5.41, 5.74) is 5.24. The number of aromatic nitrogens is 1. The highest BCUT2D eigenvalue weighted by molar-refractivity contribution is 5.98. The lowest BCUT2D eigenvalue weighted by atomic mass is 9.97. The molecule has 0 saturated carbocycles. The fourth-order valence-corrected chi connectivity index (χ4v) is 4.04. The van der Waals surface area contributed by atoms with Crippen LogP contribution in [-0.4, -0.2) is 36.9 Å². The summed E-state index contributed by atoms with van der Waals surface area (Å²) in [5.74, 6) is 0.310. The van der Waals surface area contributed by atoms with Crippen LogP contribution in [0.25, 0.3) is 11.1 Å². The smallest absolute Gasteiger partial charge is 0.415 e. The van der Waals surface area contributed by atoms with E-state index in [4.69, 9.17) is 14.2 Å². The van der Waals surface area contributed by atoms with Gasteiger partial charge >= 0.3 is 12.1 Å². The van der Waals surface area contributed by atoms with E-state index in [-0.39, 0.29) is 6.54 Å². The molecule has 0 unspecified atom stereocenters. The summed E-state index contributed by atoms with van der Waals surface area (Å²) in [4.78, 5) is 32.1. The van der Waals surface area contributed by atoms with E-state index in [1.165, 1.54) is 7.11 Å². The maximum Gasteiger partial charge on any atom is 0.415 e. The molecule has 0 aliphatic carbocycles. The van der Waals surface area contributed by atoms with Gasteiger partial charge in [0.2, 0.25) is 0 Å². The van der Waals surface area contributed by atoms with Gasteiger partial charge < -0.3 is 14.2 Å². The molecule has 0 radical (unpaired) electrons. The maximum absolute atomic E-state index is 13.5. The zero-order valence-corrected chi connectivity index (χ0v) is 22.3. The van der Waals surface area contributed by atoms with Gasteiger partial charge in [-0.15, -0.1) is 0 Å². The zero-order valence-electron chi connectivity index (χ0n) is 22.3. The molecular weight excluding hydrogens is 456 g/mol. The Balaban J connectivity index is 2.15. The van der Waals surface area contributed by atoms with Crippen molar-refractivity contribution in [3.63, 3.8) is 0 Å². The van der Waals surface area contributed by atoms with E-state index in [1.807, 2.05) is 71.9 Å². The van der Waals surface area contributed by atoms with E-state index >= 15 is 0 Å². The fourth-order valence-electron chi connectivity index (χ4n) is 4.04. The monoisotopic (exact) mass is 490 g/mol. The predicted octanol–water partition coefficient (Wildman–Crippen LogP) is 6.41. The minimum Gasteiger partial charge on any atom is -0.496 e. The molecule has 7 nitrogen and oxygen atoms in total. The van der Waals surface area contributed by atoms with Crippen LogP contribution in [0.1, 0.15) is 53.5 Å². The fraction of sp³-hybridized carbons (Fsp3) is 0.345. The summed E-state index contributed by atoms with van der Waals surface area (Å²) in [7, 11) is 2.98. The first-order valence-corrected chi connectivity index (χ1v) is 11.7. The first-order valence-electron chi connectivity index (χ1n) is 11.7. The Labute approximate surface area is 213 Å². The molecule has 0 fully saturated rings. The van der Waals surface area contributed by atoms with Gasteiger partial charge in [-0.2, -0.15) is 0 Å². The molecule has 0 saturated heterocycles. The number of hydrogen-bond donors (Lipinski definition) is 0. The van der Waals surface area contributed by atoms with Crippen LogP contribution in [0.2, 0.25) is 0 Å².